The smallest absolute Gasteiger partial charge is 0.140 e. The first-order chi connectivity index (χ1) is 10.2. The largest absolute Gasteiger partial charge is 0.486 e. The lowest BCUT2D eigenvalue weighted by Gasteiger charge is -2.08. The van der Waals surface area contributed by atoms with E-state index >= 15 is 0 Å². The maximum Gasteiger partial charge on any atom is 0.140 e. The van der Waals surface area contributed by atoms with Crippen LogP contribution in [-0.4, -0.2) is 12.0 Å². The molecule has 1 N–H and O–H groups in total. The third kappa shape index (κ3) is 4.05. The van der Waals surface area contributed by atoms with Gasteiger partial charge in [0, 0.05) is 11.4 Å². The molecule has 2 rings (SSSR count). The molecule has 1 aromatic carbocycles. The van der Waals surface area contributed by atoms with Crippen molar-refractivity contribution in [2.24, 2.45) is 0 Å². The second kappa shape index (κ2) is 7.57. The van der Waals surface area contributed by atoms with Gasteiger partial charge in [0.2, 0.25) is 0 Å². The standard InChI is InChI=1S/C17H24N2OS/c1-5-13-8-6-7-9-14(13)20-11-16-19-17(12(2)3)15(21-16)10-18-4/h6-9,12,18H,5,10-11H2,1-4H3. The van der Waals surface area contributed by atoms with Crippen molar-refractivity contribution >= 4 is 11.3 Å². The van der Waals surface area contributed by atoms with Gasteiger partial charge in [0.15, 0.2) is 0 Å². The summed E-state index contributed by atoms with van der Waals surface area (Å²) in [7, 11) is 1.97. The van der Waals surface area contributed by atoms with Crippen molar-refractivity contribution in [2.45, 2.75) is 46.3 Å². The van der Waals surface area contributed by atoms with Crippen molar-refractivity contribution in [3.8, 4) is 5.75 Å². The highest BCUT2D eigenvalue weighted by Crippen LogP contribution is 2.27. The van der Waals surface area contributed by atoms with Gasteiger partial charge in [-0.25, -0.2) is 4.98 Å². The van der Waals surface area contributed by atoms with Crippen LogP contribution in [0.5, 0.6) is 5.75 Å². The first-order valence-electron chi connectivity index (χ1n) is 7.49. The molecule has 0 radical (unpaired) electrons. The number of rotatable bonds is 7. The molecule has 21 heavy (non-hydrogen) atoms. The molecular formula is C17H24N2OS. The van der Waals surface area contributed by atoms with Gasteiger partial charge in [-0.15, -0.1) is 11.3 Å². The number of aromatic nitrogens is 1. The molecule has 0 aliphatic carbocycles. The molecular weight excluding hydrogens is 280 g/mol. The number of ether oxygens (including phenoxy) is 1. The average molecular weight is 304 g/mol. The molecule has 0 aliphatic rings. The number of hydrogen-bond donors (Lipinski definition) is 1. The van der Waals surface area contributed by atoms with E-state index < -0.39 is 0 Å². The zero-order valence-electron chi connectivity index (χ0n) is 13.3. The monoisotopic (exact) mass is 304 g/mol. The molecule has 3 nitrogen and oxygen atoms in total. The maximum absolute atomic E-state index is 5.97. The minimum atomic E-state index is 0.446. The zero-order valence-corrected chi connectivity index (χ0v) is 14.1. The highest BCUT2D eigenvalue weighted by atomic mass is 32.1. The molecule has 4 heteroatoms. The quantitative estimate of drug-likeness (QED) is 0.835. The van der Waals surface area contributed by atoms with Crippen molar-refractivity contribution in [2.75, 3.05) is 7.05 Å². The van der Waals surface area contributed by atoms with Crippen LogP contribution in [0.2, 0.25) is 0 Å². The minimum absolute atomic E-state index is 0.446. The number of nitrogens with one attached hydrogen (secondary N) is 1. The van der Waals surface area contributed by atoms with Gasteiger partial charge in [-0.3, -0.25) is 0 Å². The second-order valence-electron chi connectivity index (χ2n) is 5.35. The van der Waals surface area contributed by atoms with E-state index in [1.54, 1.807) is 11.3 Å². The van der Waals surface area contributed by atoms with Crippen LogP contribution < -0.4 is 10.1 Å². The molecule has 1 aromatic heterocycles. The Bertz CT molecular complexity index is 578. The van der Waals surface area contributed by atoms with Gasteiger partial charge in [0.25, 0.3) is 0 Å². The van der Waals surface area contributed by atoms with E-state index in [1.165, 1.54) is 16.1 Å². The first kappa shape index (κ1) is 16.0. The SMILES string of the molecule is CCc1ccccc1OCc1nc(C(C)C)c(CNC)s1. The summed E-state index contributed by atoms with van der Waals surface area (Å²) in [4.78, 5) is 6.07. The topological polar surface area (TPSA) is 34.1 Å². The minimum Gasteiger partial charge on any atom is -0.486 e. The summed E-state index contributed by atoms with van der Waals surface area (Å²) >= 11 is 1.75. The Morgan fingerprint density at radius 3 is 2.71 bits per heavy atom. The molecule has 0 amide bonds. The van der Waals surface area contributed by atoms with Gasteiger partial charge in [-0.2, -0.15) is 0 Å². The van der Waals surface area contributed by atoms with Crippen LogP contribution in [0.1, 0.15) is 47.8 Å². The molecule has 1 heterocycles. The van der Waals surface area contributed by atoms with Crippen LogP contribution in [0.3, 0.4) is 0 Å². The van der Waals surface area contributed by atoms with Gasteiger partial charge in [-0.05, 0) is 31.0 Å². The van der Waals surface area contributed by atoms with Crippen LogP contribution in [0.25, 0.3) is 0 Å². The summed E-state index contributed by atoms with van der Waals surface area (Å²) in [5.74, 6) is 1.41. The molecule has 0 atom stereocenters. The highest BCUT2D eigenvalue weighted by molar-refractivity contribution is 7.11. The first-order valence-corrected chi connectivity index (χ1v) is 8.31. The van der Waals surface area contributed by atoms with E-state index in [0.29, 0.717) is 12.5 Å². The summed E-state index contributed by atoms with van der Waals surface area (Å²) < 4.78 is 5.97. The summed E-state index contributed by atoms with van der Waals surface area (Å²) in [5.41, 5.74) is 2.44. The summed E-state index contributed by atoms with van der Waals surface area (Å²) in [6.07, 6.45) is 0.982. The van der Waals surface area contributed by atoms with Crippen molar-refractivity contribution in [3.63, 3.8) is 0 Å². The van der Waals surface area contributed by atoms with Crippen LogP contribution >= 0.6 is 11.3 Å². The Morgan fingerprint density at radius 1 is 1.29 bits per heavy atom. The Kier molecular flexibility index (Phi) is 5.76. The molecule has 0 fully saturated rings. The Morgan fingerprint density at radius 2 is 2.05 bits per heavy atom. The number of para-hydroxylation sites is 1. The lowest BCUT2D eigenvalue weighted by atomic mass is 10.1. The fourth-order valence-corrected chi connectivity index (χ4v) is 3.44. The summed E-state index contributed by atoms with van der Waals surface area (Å²) in [6.45, 7) is 7.94. The van der Waals surface area contributed by atoms with Crippen molar-refractivity contribution < 1.29 is 4.74 Å². The lowest BCUT2D eigenvalue weighted by Crippen LogP contribution is -2.06. The molecule has 0 unspecified atom stereocenters. The number of hydrogen-bond acceptors (Lipinski definition) is 4. The molecule has 0 spiro atoms. The summed E-state index contributed by atoms with van der Waals surface area (Å²) in [5, 5.41) is 4.27. The average Bonchev–Trinajstić information content (AvgIpc) is 2.89. The third-order valence-corrected chi connectivity index (χ3v) is 4.41. The Labute approximate surface area is 131 Å². The van der Waals surface area contributed by atoms with E-state index in [0.717, 1.165) is 23.7 Å². The maximum atomic E-state index is 5.97. The fraction of sp³-hybridized carbons (Fsp3) is 0.471. The van der Waals surface area contributed by atoms with Crippen molar-refractivity contribution in [1.82, 2.24) is 10.3 Å². The van der Waals surface area contributed by atoms with E-state index in [4.69, 9.17) is 9.72 Å². The van der Waals surface area contributed by atoms with Crippen LogP contribution in [0.4, 0.5) is 0 Å². The van der Waals surface area contributed by atoms with Crippen LogP contribution in [0.15, 0.2) is 24.3 Å². The second-order valence-corrected chi connectivity index (χ2v) is 6.52. The third-order valence-electron chi connectivity index (χ3n) is 3.36. The summed E-state index contributed by atoms with van der Waals surface area (Å²) in [6, 6.07) is 8.22. The Balaban J connectivity index is 2.11. The van der Waals surface area contributed by atoms with Crippen LogP contribution in [0, 0.1) is 0 Å². The molecule has 0 saturated carbocycles. The predicted molar refractivity (Wildman–Crippen MR) is 89.1 cm³/mol. The molecule has 0 saturated heterocycles. The zero-order chi connectivity index (χ0) is 15.2. The molecule has 2 aromatic rings. The fourth-order valence-electron chi connectivity index (χ4n) is 2.29. The molecule has 114 valence electrons. The number of benzene rings is 1. The van der Waals surface area contributed by atoms with Gasteiger partial charge in [0.05, 0.1) is 5.69 Å². The van der Waals surface area contributed by atoms with Crippen molar-refractivity contribution in [3.05, 3.63) is 45.4 Å². The molecule has 0 aliphatic heterocycles. The highest BCUT2D eigenvalue weighted by Gasteiger charge is 2.14. The van der Waals surface area contributed by atoms with E-state index in [9.17, 15) is 0 Å². The van der Waals surface area contributed by atoms with E-state index in [1.807, 2.05) is 19.2 Å². The lowest BCUT2D eigenvalue weighted by molar-refractivity contribution is 0.302. The van der Waals surface area contributed by atoms with Gasteiger partial charge in [-0.1, -0.05) is 39.0 Å². The normalized spacial score (nSPS) is 11.1. The van der Waals surface area contributed by atoms with Gasteiger partial charge < -0.3 is 10.1 Å². The Hall–Kier alpha value is -1.39. The predicted octanol–water partition coefficient (Wildman–Crippen LogP) is 4.13. The van der Waals surface area contributed by atoms with E-state index in [2.05, 4.69) is 38.2 Å². The van der Waals surface area contributed by atoms with E-state index in [-0.39, 0.29) is 0 Å². The number of aryl methyl sites for hydroxylation is 1. The number of nitrogens with zero attached hydrogens (tertiary/aromatic N) is 1. The van der Waals surface area contributed by atoms with Gasteiger partial charge >= 0.3 is 0 Å². The van der Waals surface area contributed by atoms with Crippen LogP contribution in [-0.2, 0) is 19.6 Å². The van der Waals surface area contributed by atoms with Crippen molar-refractivity contribution in [1.29, 1.82) is 0 Å². The number of thiazole rings is 1. The molecule has 0 bridgehead atoms. The van der Waals surface area contributed by atoms with Gasteiger partial charge in [0.1, 0.15) is 17.4 Å².